The third kappa shape index (κ3) is 4.96. The monoisotopic (exact) mass is 702 g/mol. The van der Waals surface area contributed by atoms with Crippen LogP contribution in [0.25, 0.3) is 94.3 Å². The van der Waals surface area contributed by atoms with Gasteiger partial charge >= 0.3 is 0 Å². The van der Waals surface area contributed by atoms with E-state index in [9.17, 15) is 0 Å². The molecule has 0 radical (unpaired) electrons. The van der Waals surface area contributed by atoms with Crippen molar-refractivity contribution in [3.8, 4) is 50.7 Å². The van der Waals surface area contributed by atoms with Crippen LogP contribution in [0.3, 0.4) is 0 Å². The number of para-hydroxylation sites is 4. The van der Waals surface area contributed by atoms with E-state index in [1.807, 2.05) is 6.07 Å². The van der Waals surface area contributed by atoms with Gasteiger partial charge in [0.1, 0.15) is 5.69 Å². The Kier molecular flexibility index (Phi) is 7.14. The van der Waals surface area contributed by atoms with Crippen LogP contribution >= 0.6 is 0 Å². The number of rotatable bonds is 6. The molecule has 3 aromatic heterocycles. The minimum Gasteiger partial charge on any atom is -0.309 e. The standard InChI is InChI=1S/C51H34N4/c1-4-16-36(17-5-1)50-49(51(37-18-6-2-7-19-37)55(52-50)39-20-8-3-9-21-39)35-28-30-38(31-29-35)53-47-27-15-12-24-43(47)44-34-40(32-33-48(44)53)54-45-25-13-10-22-41(45)42-23-11-14-26-46(42)54/h1-34H. The normalized spacial score (nSPS) is 11.6. The van der Waals surface area contributed by atoms with E-state index < -0.39 is 0 Å². The zero-order chi connectivity index (χ0) is 36.3. The summed E-state index contributed by atoms with van der Waals surface area (Å²) in [6.07, 6.45) is 0. The largest absolute Gasteiger partial charge is 0.309 e. The number of fused-ring (bicyclic) bond motifs is 6. The molecule has 11 rings (SSSR count). The van der Waals surface area contributed by atoms with E-state index in [1.54, 1.807) is 0 Å². The molecule has 0 atom stereocenters. The van der Waals surface area contributed by atoms with Crippen LogP contribution in [-0.2, 0) is 0 Å². The summed E-state index contributed by atoms with van der Waals surface area (Å²) < 4.78 is 6.89. The number of nitrogens with zero attached hydrogens (tertiary/aromatic N) is 4. The van der Waals surface area contributed by atoms with Crippen molar-refractivity contribution in [3.63, 3.8) is 0 Å². The predicted octanol–water partition coefficient (Wildman–Crippen LogP) is 13.1. The second-order valence-corrected chi connectivity index (χ2v) is 14.0. The first-order valence-electron chi connectivity index (χ1n) is 18.7. The summed E-state index contributed by atoms with van der Waals surface area (Å²) in [7, 11) is 0. The third-order valence-corrected chi connectivity index (χ3v) is 10.9. The Labute approximate surface area is 318 Å². The topological polar surface area (TPSA) is 27.7 Å². The lowest BCUT2D eigenvalue weighted by atomic mass is 9.95. The van der Waals surface area contributed by atoms with Crippen molar-refractivity contribution < 1.29 is 0 Å². The maximum atomic E-state index is 5.33. The van der Waals surface area contributed by atoms with Crippen molar-refractivity contribution >= 4 is 43.6 Å². The summed E-state index contributed by atoms with van der Waals surface area (Å²) in [6, 6.07) is 73.7. The van der Waals surface area contributed by atoms with Gasteiger partial charge in [-0.3, -0.25) is 0 Å². The van der Waals surface area contributed by atoms with Crippen LogP contribution in [0.2, 0.25) is 0 Å². The van der Waals surface area contributed by atoms with Crippen LogP contribution in [0.1, 0.15) is 0 Å². The van der Waals surface area contributed by atoms with Gasteiger partial charge in [-0.05, 0) is 66.2 Å². The minimum absolute atomic E-state index is 0.950. The molecule has 0 aliphatic rings. The van der Waals surface area contributed by atoms with Crippen LogP contribution in [-0.4, -0.2) is 18.9 Å². The van der Waals surface area contributed by atoms with Gasteiger partial charge in [-0.1, -0.05) is 146 Å². The molecule has 0 N–H and O–H groups in total. The first-order chi connectivity index (χ1) is 27.3. The van der Waals surface area contributed by atoms with E-state index in [0.717, 1.165) is 50.7 Å². The number of aromatic nitrogens is 4. The van der Waals surface area contributed by atoms with Gasteiger partial charge in [-0.25, -0.2) is 4.68 Å². The fourth-order valence-corrected chi connectivity index (χ4v) is 8.46. The molecular weight excluding hydrogens is 669 g/mol. The minimum atomic E-state index is 0.950. The zero-order valence-corrected chi connectivity index (χ0v) is 29.9. The zero-order valence-electron chi connectivity index (χ0n) is 29.9. The van der Waals surface area contributed by atoms with Gasteiger partial charge < -0.3 is 9.13 Å². The SMILES string of the molecule is c1ccc(-c2nn(-c3ccccc3)c(-c3ccccc3)c2-c2ccc(-n3c4ccccc4c4cc(-n5c6ccccc6c6ccccc65)ccc43)cc2)cc1. The van der Waals surface area contributed by atoms with Crippen LogP contribution in [0.4, 0.5) is 0 Å². The molecular formula is C51H34N4. The Morgan fingerprint density at radius 2 is 0.764 bits per heavy atom. The molecule has 0 spiro atoms. The van der Waals surface area contributed by atoms with E-state index in [1.165, 1.54) is 43.6 Å². The molecule has 4 nitrogen and oxygen atoms in total. The average Bonchev–Trinajstić information content (AvgIpc) is 3.93. The smallest absolute Gasteiger partial charge is 0.101 e. The molecule has 3 heterocycles. The quantitative estimate of drug-likeness (QED) is 0.169. The van der Waals surface area contributed by atoms with Gasteiger partial charge in [0.2, 0.25) is 0 Å². The van der Waals surface area contributed by atoms with Crippen molar-refractivity contribution in [2.75, 3.05) is 0 Å². The maximum Gasteiger partial charge on any atom is 0.101 e. The molecule has 0 saturated carbocycles. The lowest BCUT2D eigenvalue weighted by Gasteiger charge is -2.13. The van der Waals surface area contributed by atoms with Gasteiger partial charge in [-0.15, -0.1) is 0 Å². The highest BCUT2D eigenvalue weighted by Crippen LogP contribution is 2.42. The molecule has 0 aliphatic carbocycles. The summed E-state index contributed by atoms with van der Waals surface area (Å²) in [6.45, 7) is 0. The Morgan fingerprint density at radius 3 is 1.36 bits per heavy atom. The fourth-order valence-electron chi connectivity index (χ4n) is 8.46. The van der Waals surface area contributed by atoms with E-state index in [-0.39, 0.29) is 0 Å². The Morgan fingerprint density at radius 1 is 0.309 bits per heavy atom. The average molecular weight is 703 g/mol. The van der Waals surface area contributed by atoms with Crippen molar-refractivity contribution in [2.45, 2.75) is 0 Å². The van der Waals surface area contributed by atoms with E-state index in [2.05, 4.69) is 214 Å². The molecule has 8 aromatic carbocycles. The predicted molar refractivity (Wildman–Crippen MR) is 229 cm³/mol. The summed E-state index contributed by atoms with van der Waals surface area (Å²) >= 11 is 0. The van der Waals surface area contributed by atoms with Crippen molar-refractivity contribution in [1.29, 1.82) is 0 Å². The van der Waals surface area contributed by atoms with Gasteiger partial charge in [-0.2, -0.15) is 5.10 Å². The van der Waals surface area contributed by atoms with Crippen molar-refractivity contribution in [2.24, 2.45) is 0 Å². The second kappa shape index (κ2) is 12.6. The van der Waals surface area contributed by atoms with Crippen LogP contribution < -0.4 is 0 Å². The molecule has 0 unspecified atom stereocenters. The first-order valence-corrected chi connectivity index (χ1v) is 18.7. The molecule has 11 aromatic rings. The fraction of sp³-hybridized carbons (Fsp3) is 0. The second-order valence-electron chi connectivity index (χ2n) is 14.0. The van der Waals surface area contributed by atoms with Crippen LogP contribution in [0.5, 0.6) is 0 Å². The molecule has 0 aliphatic heterocycles. The molecule has 4 heteroatoms. The molecule has 55 heavy (non-hydrogen) atoms. The van der Waals surface area contributed by atoms with E-state index in [0.29, 0.717) is 0 Å². The lowest BCUT2D eigenvalue weighted by molar-refractivity contribution is 0.892. The van der Waals surface area contributed by atoms with Gasteiger partial charge in [0, 0.05) is 49.6 Å². The molecule has 0 amide bonds. The summed E-state index contributed by atoms with van der Waals surface area (Å²) in [5.74, 6) is 0. The van der Waals surface area contributed by atoms with Gasteiger partial charge in [0.05, 0.1) is 33.4 Å². The Hall–Kier alpha value is -7.43. The van der Waals surface area contributed by atoms with Crippen molar-refractivity contribution in [1.82, 2.24) is 18.9 Å². The summed E-state index contributed by atoms with van der Waals surface area (Å²) in [4.78, 5) is 0. The molecule has 258 valence electrons. The Bertz CT molecular complexity index is 3120. The van der Waals surface area contributed by atoms with Crippen molar-refractivity contribution in [3.05, 3.63) is 206 Å². The summed E-state index contributed by atoms with van der Waals surface area (Å²) in [5.41, 5.74) is 14.5. The number of hydrogen-bond donors (Lipinski definition) is 0. The highest BCUT2D eigenvalue weighted by Gasteiger charge is 2.23. The van der Waals surface area contributed by atoms with Crippen LogP contribution in [0.15, 0.2) is 206 Å². The molecule has 0 saturated heterocycles. The highest BCUT2D eigenvalue weighted by molar-refractivity contribution is 6.12. The lowest BCUT2D eigenvalue weighted by Crippen LogP contribution is -1.99. The molecule has 0 bridgehead atoms. The van der Waals surface area contributed by atoms with E-state index in [4.69, 9.17) is 5.10 Å². The van der Waals surface area contributed by atoms with Gasteiger partial charge in [0.25, 0.3) is 0 Å². The molecule has 0 fully saturated rings. The van der Waals surface area contributed by atoms with Gasteiger partial charge in [0.15, 0.2) is 0 Å². The number of benzene rings is 8. The first kappa shape index (κ1) is 31.1. The highest BCUT2D eigenvalue weighted by atomic mass is 15.3. The van der Waals surface area contributed by atoms with Crippen LogP contribution in [0, 0.1) is 0 Å². The third-order valence-electron chi connectivity index (χ3n) is 10.9. The summed E-state index contributed by atoms with van der Waals surface area (Å²) in [5, 5.41) is 10.3. The number of hydrogen-bond acceptors (Lipinski definition) is 1. The maximum absolute atomic E-state index is 5.33. The Balaban J connectivity index is 1.10. The van der Waals surface area contributed by atoms with E-state index >= 15 is 0 Å².